The fraction of sp³-hybridized carbons (Fsp3) is 1.00. The largest absolute Gasteiger partial charge is 0.301 e. The molecule has 0 amide bonds. The molecule has 1 nitrogen and oxygen atoms in total. The maximum atomic E-state index is 2.59. The van der Waals surface area contributed by atoms with Gasteiger partial charge in [0.25, 0.3) is 0 Å². The third-order valence-electron chi connectivity index (χ3n) is 4.50. The minimum atomic E-state index is 0.690. The van der Waals surface area contributed by atoms with E-state index in [1.54, 1.807) is 0 Å². The molecule has 0 spiro atoms. The molecule has 1 rings (SSSR count). The van der Waals surface area contributed by atoms with Crippen LogP contribution in [0.25, 0.3) is 0 Å². The third-order valence-corrected chi connectivity index (χ3v) is 4.50. The summed E-state index contributed by atoms with van der Waals surface area (Å²) in [5, 5.41) is 0. The molecule has 0 radical (unpaired) electrons. The maximum absolute atomic E-state index is 2.59. The summed E-state index contributed by atoms with van der Waals surface area (Å²) in [7, 11) is 2.31. The van der Waals surface area contributed by atoms with Crippen LogP contribution >= 0.6 is 0 Å². The predicted molar refractivity (Wildman–Crippen MR) is 68.0 cm³/mol. The Bertz CT molecular complexity index is 186. The van der Waals surface area contributed by atoms with E-state index in [2.05, 4.69) is 46.6 Å². The highest BCUT2D eigenvalue weighted by Crippen LogP contribution is 2.40. The minimum Gasteiger partial charge on any atom is -0.301 e. The van der Waals surface area contributed by atoms with Crippen molar-refractivity contribution in [3.05, 3.63) is 0 Å². The van der Waals surface area contributed by atoms with Gasteiger partial charge in [0.1, 0.15) is 0 Å². The van der Waals surface area contributed by atoms with Crippen molar-refractivity contribution in [3.8, 4) is 0 Å². The zero-order chi connectivity index (χ0) is 11.6. The molecule has 15 heavy (non-hydrogen) atoms. The van der Waals surface area contributed by atoms with Crippen LogP contribution in [0.1, 0.15) is 53.9 Å². The van der Waals surface area contributed by atoms with Gasteiger partial charge in [-0.2, -0.15) is 0 Å². The molecule has 0 aromatic carbocycles. The van der Waals surface area contributed by atoms with Gasteiger partial charge in [0, 0.05) is 12.1 Å². The zero-order valence-corrected chi connectivity index (χ0v) is 11.5. The highest BCUT2D eigenvalue weighted by atomic mass is 15.2. The summed E-state index contributed by atoms with van der Waals surface area (Å²) in [5.41, 5.74) is 0. The Morgan fingerprint density at radius 3 is 2.13 bits per heavy atom. The summed E-state index contributed by atoms with van der Waals surface area (Å²) in [6.45, 7) is 11.8. The lowest BCUT2D eigenvalue weighted by molar-refractivity contribution is 0.154. The fourth-order valence-electron chi connectivity index (χ4n) is 3.01. The highest BCUT2D eigenvalue weighted by Gasteiger charge is 2.37. The normalized spacial score (nSPS) is 32.2. The molecule has 2 unspecified atom stereocenters. The van der Waals surface area contributed by atoms with Gasteiger partial charge in [-0.05, 0) is 51.5 Å². The van der Waals surface area contributed by atoms with Crippen molar-refractivity contribution in [3.63, 3.8) is 0 Å². The van der Waals surface area contributed by atoms with E-state index in [0.717, 1.165) is 23.8 Å². The number of nitrogens with zero attached hydrogens (tertiary/aromatic N) is 1. The molecule has 0 aromatic heterocycles. The van der Waals surface area contributed by atoms with E-state index < -0.39 is 0 Å². The Morgan fingerprint density at radius 2 is 1.73 bits per heavy atom. The Hall–Kier alpha value is -0.0400. The summed E-state index contributed by atoms with van der Waals surface area (Å²) in [4.78, 5) is 2.59. The van der Waals surface area contributed by atoms with Gasteiger partial charge in [-0.15, -0.1) is 0 Å². The van der Waals surface area contributed by atoms with Crippen LogP contribution < -0.4 is 0 Å². The second kappa shape index (κ2) is 5.34. The monoisotopic (exact) mass is 211 g/mol. The van der Waals surface area contributed by atoms with Crippen molar-refractivity contribution < 1.29 is 0 Å². The summed E-state index contributed by atoms with van der Waals surface area (Å²) in [6, 6.07) is 1.53. The first kappa shape index (κ1) is 13.0. The van der Waals surface area contributed by atoms with Gasteiger partial charge in [0.15, 0.2) is 0 Å². The minimum absolute atomic E-state index is 0.690. The number of hydrogen-bond donors (Lipinski definition) is 0. The summed E-state index contributed by atoms with van der Waals surface area (Å²) >= 11 is 0. The molecule has 0 bridgehead atoms. The van der Waals surface area contributed by atoms with Crippen LogP contribution in [-0.4, -0.2) is 24.0 Å². The SMILES string of the molecule is CC[C@@H]1CC(C(C)C)CC1N(C)C(C)C. The first-order valence-electron chi connectivity index (χ1n) is 6.69. The van der Waals surface area contributed by atoms with E-state index in [0.29, 0.717) is 6.04 Å². The van der Waals surface area contributed by atoms with Crippen molar-refractivity contribution >= 4 is 0 Å². The first-order chi connectivity index (χ1) is 6.97. The van der Waals surface area contributed by atoms with Gasteiger partial charge in [0.2, 0.25) is 0 Å². The van der Waals surface area contributed by atoms with Crippen molar-refractivity contribution in [2.75, 3.05) is 7.05 Å². The Morgan fingerprint density at radius 1 is 1.13 bits per heavy atom. The summed E-state index contributed by atoms with van der Waals surface area (Å²) < 4.78 is 0. The predicted octanol–water partition coefficient (Wildman–Crippen LogP) is 3.79. The van der Waals surface area contributed by atoms with Gasteiger partial charge in [-0.3, -0.25) is 0 Å². The molecule has 0 heterocycles. The maximum Gasteiger partial charge on any atom is 0.0126 e. The zero-order valence-electron chi connectivity index (χ0n) is 11.5. The van der Waals surface area contributed by atoms with E-state index >= 15 is 0 Å². The highest BCUT2D eigenvalue weighted by molar-refractivity contribution is 4.90. The molecule has 3 atom stereocenters. The van der Waals surface area contributed by atoms with E-state index in [-0.39, 0.29) is 0 Å². The van der Waals surface area contributed by atoms with Gasteiger partial charge < -0.3 is 4.90 Å². The summed E-state index contributed by atoms with van der Waals surface area (Å²) in [5.74, 6) is 2.76. The molecule has 1 aliphatic rings. The second-order valence-electron chi connectivity index (χ2n) is 5.97. The van der Waals surface area contributed by atoms with E-state index in [1.165, 1.54) is 19.3 Å². The van der Waals surface area contributed by atoms with Crippen molar-refractivity contribution in [1.29, 1.82) is 0 Å². The Balaban J connectivity index is 2.63. The first-order valence-corrected chi connectivity index (χ1v) is 6.69. The molecule has 1 saturated carbocycles. The molecule has 0 aromatic rings. The Labute approximate surface area is 96.2 Å². The lowest BCUT2D eigenvalue weighted by Crippen LogP contribution is -2.39. The van der Waals surface area contributed by atoms with Crippen LogP contribution in [0, 0.1) is 17.8 Å². The smallest absolute Gasteiger partial charge is 0.0126 e. The van der Waals surface area contributed by atoms with E-state index in [9.17, 15) is 0 Å². The van der Waals surface area contributed by atoms with Crippen molar-refractivity contribution in [2.45, 2.75) is 66.0 Å². The molecule has 90 valence electrons. The standard InChI is InChI=1S/C14H29N/c1-7-12-8-13(10(2)3)9-14(12)15(6)11(4)5/h10-14H,7-9H2,1-6H3/t12-,13?,14?/m1/s1. The van der Waals surface area contributed by atoms with Gasteiger partial charge in [-0.25, -0.2) is 0 Å². The molecule has 1 heteroatoms. The third kappa shape index (κ3) is 2.96. The van der Waals surface area contributed by atoms with E-state index in [4.69, 9.17) is 0 Å². The van der Waals surface area contributed by atoms with Crippen LogP contribution in [0.3, 0.4) is 0 Å². The quantitative estimate of drug-likeness (QED) is 0.684. The fourth-order valence-corrected chi connectivity index (χ4v) is 3.01. The van der Waals surface area contributed by atoms with Crippen LogP contribution in [0.5, 0.6) is 0 Å². The van der Waals surface area contributed by atoms with Gasteiger partial charge >= 0.3 is 0 Å². The van der Waals surface area contributed by atoms with E-state index in [1.807, 2.05) is 0 Å². The molecule has 0 N–H and O–H groups in total. The molecule has 0 aliphatic heterocycles. The van der Waals surface area contributed by atoms with Gasteiger partial charge in [-0.1, -0.05) is 27.2 Å². The van der Waals surface area contributed by atoms with Crippen molar-refractivity contribution in [2.24, 2.45) is 17.8 Å². The summed E-state index contributed by atoms with van der Waals surface area (Å²) in [6.07, 6.45) is 4.23. The van der Waals surface area contributed by atoms with Crippen LogP contribution in [0.4, 0.5) is 0 Å². The lowest BCUT2D eigenvalue weighted by atomic mass is 9.93. The number of rotatable bonds is 4. The lowest BCUT2D eigenvalue weighted by Gasteiger charge is -2.32. The second-order valence-corrected chi connectivity index (χ2v) is 5.97. The van der Waals surface area contributed by atoms with Crippen LogP contribution in [0.15, 0.2) is 0 Å². The topological polar surface area (TPSA) is 3.24 Å². The van der Waals surface area contributed by atoms with Crippen LogP contribution in [0.2, 0.25) is 0 Å². The number of hydrogen-bond acceptors (Lipinski definition) is 1. The molecule has 0 saturated heterocycles. The molecule has 1 fully saturated rings. The van der Waals surface area contributed by atoms with Crippen molar-refractivity contribution in [1.82, 2.24) is 4.90 Å². The Kier molecular flexibility index (Phi) is 4.64. The van der Waals surface area contributed by atoms with Gasteiger partial charge in [0.05, 0.1) is 0 Å². The molecular weight excluding hydrogens is 182 g/mol. The molecule has 1 aliphatic carbocycles. The average molecular weight is 211 g/mol. The van der Waals surface area contributed by atoms with Crippen LogP contribution in [-0.2, 0) is 0 Å². The molecular formula is C14H29N. The average Bonchev–Trinajstić information content (AvgIpc) is 2.59.